The second-order valence-electron chi connectivity index (χ2n) is 5.50. The van der Waals surface area contributed by atoms with Crippen LogP contribution >= 0.6 is 0 Å². The van der Waals surface area contributed by atoms with Crippen LogP contribution in [-0.4, -0.2) is 59.2 Å². The maximum atomic E-state index is 11.9. The van der Waals surface area contributed by atoms with Gasteiger partial charge < -0.3 is 10.1 Å². The second-order valence-corrected chi connectivity index (χ2v) is 5.50. The number of nitrogens with zero attached hydrogens (tertiary/aromatic N) is 3. The lowest BCUT2D eigenvalue weighted by Crippen LogP contribution is -2.50. The lowest BCUT2D eigenvalue weighted by atomic mass is 10.2. The summed E-state index contributed by atoms with van der Waals surface area (Å²) >= 11 is 0. The molecule has 2 atom stereocenters. The van der Waals surface area contributed by atoms with Gasteiger partial charge in [-0.05, 0) is 26.3 Å². The minimum Gasteiger partial charge on any atom is -0.373 e. The Morgan fingerprint density at radius 1 is 1.50 bits per heavy atom. The van der Waals surface area contributed by atoms with Crippen molar-refractivity contribution in [2.24, 2.45) is 0 Å². The van der Waals surface area contributed by atoms with E-state index in [1.165, 1.54) is 19.0 Å². The van der Waals surface area contributed by atoms with E-state index in [-0.39, 0.29) is 12.0 Å². The number of amides is 1. The second kappa shape index (κ2) is 5.85. The molecule has 0 aromatic carbocycles. The topological polar surface area (TPSA) is 67.4 Å². The molecule has 1 N–H and O–H groups in total. The molecule has 0 bridgehead atoms. The molecule has 2 aliphatic heterocycles. The molecule has 3 rings (SSSR count). The third-order valence-electron chi connectivity index (χ3n) is 3.97. The summed E-state index contributed by atoms with van der Waals surface area (Å²) in [6, 6.07) is 0.588. The number of carbonyl (C=O) groups excluding carboxylic acids is 1. The zero-order valence-corrected chi connectivity index (χ0v) is 11.7. The first-order chi connectivity index (χ1) is 9.72. The Hall–Kier alpha value is -1.53. The standard InChI is InChI=1S/C14H20N4O2/c1-10-5-16-13(7-15-10)14(19)17-6-12-8-18-4-2-3-11(18)9-20-12/h5,7,11-12H,2-4,6,8-9H2,1H3,(H,17,19)/t11-,12+/m1/s1. The molecule has 108 valence electrons. The predicted molar refractivity (Wildman–Crippen MR) is 73.4 cm³/mol. The Morgan fingerprint density at radius 3 is 3.20 bits per heavy atom. The van der Waals surface area contributed by atoms with E-state index in [0.717, 1.165) is 25.4 Å². The molecule has 1 aromatic rings. The van der Waals surface area contributed by atoms with E-state index in [0.29, 0.717) is 18.3 Å². The molecule has 2 fully saturated rings. The Bertz CT molecular complexity index is 477. The van der Waals surface area contributed by atoms with E-state index in [1.807, 2.05) is 6.92 Å². The number of hydrogen-bond acceptors (Lipinski definition) is 5. The first-order valence-corrected chi connectivity index (χ1v) is 7.15. The van der Waals surface area contributed by atoms with Crippen LogP contribution in [0.2, 0.25) is 0 Å². The molecule has 0 spiro atoms. The molecule has 2 saturated heterocycles. The lowest BCUT2D eigenvalue weighted by Gasteiger charge is -2.35. The van der Waals surface area contributed by atoms with E-state index in [2.05, 4.69) is 20.2 Å². The summed E-state index contributed by atoms with van der Waals surface area (Å²) in [5.41, 5.74) is 1.16. The number of rotatable bonds is 3. The lowest BCUT2D eigenvalue weighted by molar-refractivity contribution is -0.0462. The number of fused-ring (bicyclic) bond motifs is 1. The highest BCUT2D eigenvalue weighted by molar-refractivity contribution is 5.91. The normalized spacial score (nSPS) is 26.2. The van der Waals surface area contributed by atoms with Crippen LogP contribution in [0.5, 0.6) is 0 Å². The molecule has 1 amide bonds. The third-order valence-corrected chi connectivity index (χ3v) is 3.97. The van der Waals surface area contributed by atoms with Gasteiger partial charge in [-0.25, -0.2) is 4.98 Å². The first kappa shape index (κ1) is 13.5. The Kier molecular flexibility index (Phi) is 3.93. The van der Waals surface area contributed by atoms with E-state index in [4.69, 9.17) is 4.74 Å². The Balaban J connectivity index is 1.49. The molecule has 3 heterocycles. The van der Waals surface area contributed by atoms with Crippen molar-refractivity contribution in [3.63, 3.8) is 0 Å². The van der Waals surface area contributed by atoms with Crippen LogP contribution in [-0.2, 0) is 4.74 Å². The smallest absolute Gasteiger partial charge is 0.271 e. The molecule has 6 nitrogen and oxygen atoms in total. The van der Waals surface area contributed by atoms with Crippen molar-refractivity contribution in [2.45, 2.75) is 31.9 Å². The summed E-state index contributed by atoms with van der Waals surface area (Å²) in [7, 11) is 0. The van der Waals surface area contributed by atoms with Crippen molar-refractivity contribution in [1.29, 1.82) is 0 Å². The van der Waals surface area contributed by atoms with Gasteiger partial charge in [-0.15, -0.1) is 0 Å². The number of hydrogen-bond donors (Lipinski definition) is 1. The molecule has 6 heteroatoms. The highest BCUT2D eigenvalue weighted by Crippen LogP contribution is 2.22. The predicted octanol–water partition coefficient (Wildman–Crippen LogP) is 0.378. The van der Waals surface area contributed by atoms with Gasteiger partial charge in [-0.2, -0.15) is 0 Å². The summed E-state index contributed by atoms with van der Waals surface area (Å²) in [6.45, 7) is 5.21. The minimum atomic E-state index is -0.190. The monoisotopic (exact) mass is 276 g/mol. The summed E-state index contributed by atoms with van der Waals surface area (Å²) < 4.78 is 5.80. The van der Waals surface area contributed by atoms with Gasteiger partial charge in [0.2, 0.25) is 0 Å². The van der Waals surface area contributed by atoms with Crippen LogP contribution in [0, 0.1) is 6.92 Å². The zero-order valence-electron chi connectivity index (χ0n) is 11.7. The number of aromatic nitrogens is 2. The average molecular weight is 276 g/mol. The van der Waals surface area contributed by atoms with Crippen molar-refractivity contribution < 1.29 is 9.53 Å². The van der Waals surface area contributed by atoms with Crippen molar-refractivity contribution in [2.75, 3.05) is 26.2 Å². The number of carbonyl (C=O) groups is 1. The summed E-state index contributed by atoms with van der Waals surface area (Å²) in [5, 5.41) is 2.87. The van der Waals surface area contributed by atoms with Crippen LogP contribution in [0.15, 0.2) is 12.4 Å². The SMILES string of the molecule is Cc1cnc(C(=O)NC[C@H]2CN3CCC[C@@H]3CO2)cn1. The fourth-order valence-electron chi connectivity index (χ4n) is 2.82. The minimum absolute atomic E-state index is 0.0757. The van der Waals surface area contributed by atoms with Gasteiger partial charge in [-0.3, -0.25) is 14.7 Å². The quantitative estimate of drug-likeness (QED) is 0.864. The van der Waals surface area contributed by atoms with Gasteiger partial charge in [-0.1, -0.05) is 0 Å². The maximum absolute atomic E-state index is 11.9. The summed E-state index contributed by atoms with van der Waals surface area (Å²) in [5.74, 6) is -0.190. The van der Waals surface area contributed by atoms with E-state index < -0.39 is 0 Å². The molecule has 0 unspecified atom stereocenters. The molecule has 2 aliphatic rings. The maximum Gasteiger partial charge on any atom is 0.271 e. The van der Waals surface area contributed by atoms with Gasteiger partial charge in [0, 0.05) is 25.3 Å². The molecule has 0 saturated carbocycles. The van der Waals surface area contributed by atoms with Gasteiger partial charge >= 0.3 is 0 Å². The number of morpholine rings is 1. The van der Waals surface area contributed by atoms with Gasteiger partial charge in [0.1, 0.15) is 5.69 Å². The fourth-order valence-corrected chi connectivity index (χ4v) is 2.82. The fraction of sp³-hybridized carbons (Fsp3) is 0.643. The van der Waals surface area contributed by atoms with Crippen molar-refractivity contribution in [1.82, 2.24) is 20.2 Å². The Labute approximate surface area is 118 Å². The van der Waals surface area contributed by atoms with Crippen molar-refractivity contribution >= 4 is 5.91 Å². The highest BCUT2D eigenvalue weighted by Gasteiger charge is 2.32. The number of nitrogens with one attached hydrogen (secondary N) is 1. The van der Waals surface area contributed by atoms with Gasteiger partial charge in [0.25, 0.3) is 5.91 Å². The molecule has 1 aromatic heterocycles. The molecular weight excluding hydrogens is 256 g/mol. The first-order valence-electron chi connectivity index (χ1n) is 7.15. The number of ether oxygens (including phenoxy) is 1. The highest BCUT2D eigenvalue weighted by atomic mass is 16.5. The third kappa shape index (κ3) is 2.96. The van der Waals surface area contributed by atoms with Crippen LogP contribution in [0.3, 0.4) is 0 Å². The average Bonchev–Trinajstić information content (AvgIpc) is 2.93. The van der Waals surface area contributed by atoms with Crippen LogP contribution in [0.4, 0.5) is 0 Å². The van der Waals surface area contributed by atoms with E-state index in [1.54, 1.807) is 6.20 Å². The van der Waals surface area contributed by atoms with Crippen molar-refractivity contribution in [3.05, 3.63) is 23.8 Å². The molecular formula is C14H20N4O2. The molecule has 0 aliphatic carbocycles. The zero-order chi connectivity index (χ0) is 13.9. The van der Waals surface area contributed by atoms with Crippen LogP contribution in [0.1, 0.15) is 29.0 Å². The van der Waals surface area contributed by atoms with Gasteiger partial charge in [0.15, 0.2) is 0 Å². The number of aryl methyl sites for hydroxylation is 1. The molecule has 20 heavy (non-hydrogen) atoms. The van der Waals surface area contributed by atoms with E-state index in [9.17, 15) is 4.79 Å². The van der Waals surface area contributed by atoms with Crippen LogP contribution < -0.4 is 5.32 Å². The summed E-state index contributed by atoms with van der Waals surface area (Å²) in [6.07, 6.45) is 5.67. The van der Waals surface area contributed by atoms with E-state index >= 15 is 0 Å². The summed E-state index contributed by atoms with van der Waals surface area (Å²) in [4.78, 5) is 22.6. The molecule has 0 radical (unpaired) electrons. The van der Waals surface area contributed by atoms with Crippen molar-refractivity contribution in [3.8, 4) is 0 Å². The van der Waals surface area contributed by atoms with Crippen LogP contribution in [0.25, 0.3) is 0 Å². The Morgan fingerprint density at radius 2 is 2.40 bits per heavy atom. The van der Waals surface area contributed by atoms with Gasteiger partial charge in [0.05, 0.1) is 24.6 Å². The largest absolute Gasteiger partial charge is 0.373 e.